The van der Waals surface area contributed by atoms with Crippen LogP contribution in [0, 0.1) is 0 Å². The van der Waals surface area contributed by atoms with Crippen molar-refractivity contribution in [2.45, 2.75) is 50.2 Å². The van der Waals surface area contributed by atoms with E-state index >= 15 is 0 Å². The molecule has 3 aromatic rings. The molecule has 162 valence electrons. The van der Waals surface area contributed by atoms with Gasteiger partial charge in [0.1, 0.15) is 5.75 Å². The molecular formula is C24H28N4O2S. The summed E-state index contributed by atoms with van der Waals surface area (Å²) in [7, 11) is 0. The van der Waals surface area contributed by atoms with Crippen LogP contribution in [0.5, 0.6) is 5.75 Å². The normalized spacial score (nSPS) is 14.4. The minimum atomic E-state index is -0.0615. The number of hydrogen-bond donors (Lipinski definition) is 1. The van der Waals surface area contributed by atoms with E-state index in [2.05, 4.69) is 32.2 Å². The Kier molecular flexibility index (Phi) is 7.25. The van der Waals surface area contributed by atoms with E-state index in [1.54, 1.807) is 0 Å². The Balaban J connectivity index is 1.46. The Bertz CT molecular complexity index is 983. The van der Waals surface area contributed by atoms with Gasteiger partial charge in [0.25, 0.3) is 0 Å². The number of thioether (sulfide) groups is 1. The number of aromatic nitrogens is 3. The summed E-state index contributed by atoms with van der Waals surface area (Å²) in [5, 5.41) is 12.7. The van der Waals surface area contributed by atoms with Crippen LogP contribution in [-0.4, -0.2) is 33.0 Å². The monoisotopic (exact) mass is 436 g/mol. The number of nitrogens with zero attached hydrogens (tertiary/aromatic N) is 3. The van der Waals surface area contributed by atoms with Crippen molar-refractivity contribution in [3.63, 3.8) is 0 Å². The minimum Gasteiger partial charge on any atom is -0.494 e. The molecule has 0 atom stereocenters. The van der Waals surface area contributed by atoms with Crippen LogP contribution < -0.4 is 10.1 Å². The maximum atomic E-state index is 12.5. The van der Waals surface area contributed by atoms with E-state index in [-0.39, 0.29) is 11.7 Å². The maximum Gasteiger partial charge on any atom is 0.234 e. The highest BCUT2D eigenvalue weighted by Gasteiger charge is 2.24. The van der Waals surface area contributed by atoms with Gasteiger partial charge in [0.05, 0.1) is 12.4 Å². The van der Waals surface area contributed by atoms with Gasteiger partial charge in [-0.3, -0.25) is 9.36 Å². The fourth-order valence-corrected chi connectivity index (χ4v) is 4.76. The Labute approximate surface area is 187 Å². The predicted molar refractivity (Wildman–Crippen MR) is 125 cm³/mol. The van der Waals surface area contributed by atoms with Gasteiger partial charge in [-0.1, -0.05) is 61.4 Å². The second kappa shape index (κ2) is 10.5. The van der Waals surface area contributed by atoms with Crippen LogP contribution >= 0.6 is 11.8 Å². The third-order valence-corrected chi connectivity index (χ3v) is 6.36. The lowest BCUT2D eigenvalue weighted by atomic mass is 9.95. The zero-order valence-electron chi connectivity index (χ0n) is 17.8. The second-order valence-corrected chi connectivity index (χ2v) is 8.57. The fraction of sp³-hybridized carbons (Fsp3) is 0.375. The van der Waals surface area contributed by atoms with E-state index in [0.29, 0.717) is 12.6 Å². The van der Waals surface area contributed by atoms with Gasteiger partial charge in [0, 0.05) is 17.3 Å². The second-order valence-electron chi connectivity index (χ2n) is 7.63. The lowest BCUT2D eigenvalue weighted by Crippen LogP contribution is -2.17. The van der Waals surface area contributed by atoms with Crippen molar-refractivity contribution in [1.29, 1.82) is 0 Å². The first-order valence-corrected chi connectivity index (χ1v) is 11.9. The van der Waals surface area contributed by atoms with E-state index < -0.39 is 0 Å². The van der Waals surface area contributed by atoms with Gasteiger partial charge in [-0.05, 0) is 44.0 Å². The summed E-state index contributed by atoms with van der Waals surface area (Å²) in [6.07, 6.45) is 5.98. The molecule has 1 aliphatic rings. The molecule has 1 aromatic heterocycles. The number of hydrogen-bond acceptors (Lipinski definition) is 5. The topological polar surface area (TPSA) is 69.0 Å². The standard InChI is InChI=1S/C24H28N4O2S/c1-2-30-21-15-13-19(14-16-21)25-22(29)17-31-24-27-26-23(18-9-5-3-6-10-18)28(24)20-11-7-4-8-12-20/h3,5-6,9-10,13-16,20H,2,4,7-8,11-12,17H2,1H3,(H,25,29). The van der Waals surface area contributed by atoms with Crippen molar-refractivity contribution in [1.82, 2.24) is 14.8 Å². The van der Waals surface area contributed by atoms with Crippen molar-refractivity contribution in [2.24, 2.45) is 0 Å². The highest BCUT2D eigenvalue weighted by Crippen LogP contribution is 2.35. The summed E-state index contributed by atoms with van der Waals surface area (Å²) in [5.41, 5.74) is 1.82. The van der Waals surface area contributed by atoms with Gasteiger partial charge >= 0.3 is 0 Å². The van der Waals surface area contributed by atoms with E-state index in [9.17, 15) is 4.79 Å². The summed E-state index contributed by atoms with van der Waals surface area (Å²) >= 11 is 1.45. The molecule has 1 saturated carbocycles. The number of rotatable bonds is 8. The molecule has 6 nitrogen and oxygen atoms in total. The van der Waals surface area contributed by atoms with E-state index in [4.69, 9.17) is 4.74 Å². The zero-order chi connectivity index (χ0) is 21.5. The number of carbonyl (C=O) groups is 1. The number of ether oxygens (including phenoxy) is 1. The van der Waals surface area contributed by atoms with Gasteiger partial charge in [-0.2, -0.15) is 0 Å². The molecule has 1 heterocycles. The van der Waals surface area contributed by atoms with Gasteiger partial charge < -0.3 is 10.1 Å². The number of benzene rings is 2. The zero-order valence-corrected chi connectivity index (χ0v) is 18.6. The largest absolute Gasteiger partial charge is 0.494 e. The first-order valence-electron chi connectivity index (χ1n) is 10.9. The molecular weight excluding hydrogens is 408 g/mol. The lowest BCUT2D eigenvalue weighted by Gasteiger charge is -2.25. The lowest BCUT2D eigenvalue weighted by molar-refractivity contribution is -0.113. The molecule has 0 unspecified atom stereocenters. The quantitative estimate of drug-likeness (QED) is 0.467. The Morgan fingerprint density at radius 3 is 2.52 bits per heavy atom. The molecule has 1 fully saturated rings. The summed E-state index contributed by atoms with van der Waals surface area (Å²) in [6, 6.07) is 18.0. The molecule has 4 rings (SSSR count). The van der Waals surface area contributed by atoms with Crippen LogP contribution in [0.2, 0.25) is 0 Å². The predicted octanol–water partition coefficient (Wildman–Crippen LogP) is 5.58. The first kappa shape index (κ1) is 21.4. The molecule has 0 saturated heterocycles. The number of carbonyl (C=O) groups excluding carboxylic acids is 1. The van der Waals surface area contributed by atoms with Crippen molar-refractivity contribution < 1.29 is 9.53 Å². The van der Waals surface area contributed by atoms with Gasteiger partial charge in [-0.25, -0.2) is 0 Å². The number of amides is 1. The molecule has 0 spiro atoms. The molecule has 0 bridgehead atoms. The SMILES string of the molecule is CCOc1ccc(NC(=O)CSc2nnc(-c3ccccc3)n2C2CCCCC2)cc1. The van der Waals surface area contributed by atoms with Crippen LogP contribution in [-0.2, 0) is 4.79 Å². The summed E-state index contributed by atoms with van der Waals surface area (Å²) in [4.78, 5) is 12.5. The van der Waals surface area contributed by atoms with E-state index in [1.807, 2.05) is 49.4 Å². The summed E-state index contributed by atoms with van der Waals surface area (Å²) < 4.78 is 7.70. The molecule has 31 heavy (non-hydrogen) atoms. The van der Waals surface area contributed by atoms with Crippen LogP contribution in [0.1, 0.15) is 45.1 Å². The molecule has 1 N–H and O–H groups in total. The number of nitrogens with one attached hydrogen (secondary N) is 1. The van der Waals surface area contributed by atoms with Gasteiger partial charge in [0.15, 0.2) is 11.0 Å². The first-order chi connectivity index (χ1) is 15.2. The molecule has 0 aliphatic heterocycles. The smallest absolute Gasteiger partial charge is 0.234 e. The summed E-state index contributed by atoms with van der Waals surface area (Å²) in [5.74, 6) is 1.91. The van der Waals surface area contributed by atoms with Crippen molar-refractivity contribution in [3.05, 3.63) is 54.6 Å². The summed E-state index contributed by atoms with van der Waals surface area (Å²) in [6.45, 7) is 2.57. The highest BCUT2D eigenvalue weighted by atomic mass is 32.2. The van der Waals surface area contributed by atoms with Crippen LogP contribution in [0.4, 0.5) is 5.69 Å². The van der Waals surface area contributed by atoms with Crippen LogP contribution in [0.3, 0.4) is 0 Å². The maximum absolute atomic E-state index is 12.5. The average Bonchev–Trinajstić information content (AvgIpc) is 3.24. The van der Waals surface area contributed by atoms with Crippen molar-refractivity contribution in [2.75, 3.05) is 17.7 Å². The van der Waals surface area contributed by atoms with Gasteiger partial charge in [-0.15, -0.1) is 10.2 Å². The third kappa shape index (κ3) is 5.47. The van der Waals surface area contributed by atoms with Crippen LogP contribution in [0.15, 0.2) is 59.8 Å². The van der Waals surface area contributed by atoms with Gasteiger partial charge in [0.2, 0.25) is 5.91 Å². The minimum absolute atomic E-state index is 0.0615. The Morgan fingerprint density at radius 1 is 1.06 bits per heavy atom. The highest BCUT2D eigenvalue weighted by molar-refractivity contribution is 7.99. The number of anilines is 1. The van der Waals surface area contributed by atoms with E-state index in [1.165, 1.54) is 31.0 Å². The molecule has 0 radical (unpaired) electrons. The molecule has 2 aromatic carbocycles. The third-order valence-electron chi connectivity index (χ3n) is 5.42. The van der Waals surface area contributed by atoms with E-state index in [0.717, 1.165) is 40.8 Å². The van der Waals surface area contributed by atoms with Crippen LogP contribution in [0.25, 0.3) is 11.4 Å². The van der Waals surface area contributed by atoms with Crippen molar-refractivity contribution >= 4 is 23.4 Å². The average molecular weight is 437 g/mol. The Morgan fingerprint density at radius 2 is 1.81 bits per heavy atom. The molecule has 7 heteroatoms. The molecule has 1 aliphatic carbocycles. The fourth-order valence-electron chi connectivity index (χ4n) is 3.96. The Hall–Kier alpha value is -2.80. The molecule has 1 amide bonds. The van der Waals surface area contributed by atoms with Crippen molar-refractivity contribution in [3.8, 4) is 17.1 Å².